The van der Waals surface area contributed by atoms with Gasteiger partial charge in [0.15, 0.2) is 0 Å². The van der Waals surface area contributed by atoms with Crippen LogP contribution in [0.15, 0.2) is 18.5 Å². The molecule has 1 unspecified atom stereocenters. The molecule has 1 atom stereocenters. The molecule has 0 amide bonds. The number of nitrogens with two attached hydrogens (primary N) is 1. The molecule has 0 saturated heterocycles. The molecule has 0 aromatic carbocycles. The van der Waals surface area contributed by atoms with E-state index in [1.165, 1.54) is 0 Å². The number of hydrogen-bond donors (Lipinski definition) is 2. The Morgan fingerprint density at radius 1 is 1.69 bits per heavy atom. The lowest BCUT2D eigenvalue weighted by atomic mass is 10.0. The predicted octanol–water partition coefficient (Wildman–Crippen LogP) is 0.220. The first kappa shape index (κ1) is 10.1. The molecule has 0 aliphatic carbocycles. The molecule has 0 fully saturated rings. The fourth-order valence-electron chi connectivity index (χ4n) is 1.17. The van der Waals surface area contributed by atoms with E-state index in [0.29, 0.717) is 6.61 Å². The lowest BCUT2D eigenvalue weighted by molar-refractivity contribution is 0.182. The van der Waals surface area contributed by atoms with Crippen molar-refractivity contribution in [3.05, 3.63) is 29.6 Å². The van der Waals surface area contributed by atoms with Crippen molar-refractivity contribution < 1.29 is 9.84 Å². The van der Waals surface area contributed by atoms with Crippen LogP contribution in [0.4, 0.5) is 0 Å². The van der Waals surface area contributed by atoms with Gasteiger partial charge in [0.25, 0.3) is 0 Å². The number of pyridine rings is 1. The van der Waals surface area contributed by atoms with Crippen LogP contribution in [0.25, 0.3) is 0 Å². The first-order valence-electron chi connectivity index (χ1n) is 4.07. The molecule has 1 rings (SSSR count). The van der Waals surface area contributed by atoms with Gasteiger partial charge in [-0.2, -0.15) is 0 Å². The Morgan fingerprint density at radius 3 is 3.08 bits per heavy atom. The normalized spacial score (nSPS) is 12.8. The van der Waals surface area contributed by atoms with Crippen molar-refractivity contribution in [2.45, 2.75) is 12.6 Å². The molecule has 1 heterocycles. The summed E-state index contributed by atoms with van der Waals surface area (Å²) in [4.78, 5) is 3.96. The molecule has 0 radical (unpaired) electrons. The van der Waals surface area contributed by atoms with Gasteiger partial charge < -0.3 is 15.6 Å². The van der Waals surface area contributed by atoms with E-state index in [2.05, 4.69) is 4.98 Å². The van der Waals surface area contributed by atoms with Crippen molar-refractivity contribution >= 4 is 0 Å². The van der Waals surface area contributed by atoms with Crippen molar-refractivity contribution in [1.82, 2.24) is 4.98 Å². The smallest absolute Gasteiger partial charge is 0.0731 e. The summed E-state index contributed by atoms with van der Waals surface area (Å²) in [7, 11) is 1.61. The molecule has 0 spiro atoms. The third-order valence-electron chi connectivity index (χ3n) is 1.84. The van der Waals surface area contributed by atoms with Crippen LogP contribution >= 0.6 is 0 Å². The highest BCUT2D eigenvalue weighted by Gasteiger charge is 2.09. The number of methoxy groups -OCH3 is 1. The van der Waals surface area contributed by atoms with E-state index in [0.717, 1.165) is 11.1 Å². The number of hydrogen-bond acceptors (Lipinski definition) is 4. The fourth-order valence-corrected chi connectivity index (χ4v) is 1.17. The van der Waals surface area contributed by atoms with Gasteiger partial charge in [-0.1, -0.05) is 0 Å². The van der Waals surface area contributed by atoms with E-state index >= 15 is 0 Å². The van der Waals surface area contributed by atoms with Crippen LogP contribution < -0.4 is 5.73 Å². The second kappa shape index (κ2) is 4.91. The molecule has 13 heavy (non-hydrogen) atoms. The van der Waals surface area contributed by atoms with Crippen LogP contribution in [0.5, 0.6) is 0 Å². The second-order valence-electron chi connectivity index (χ2n) is 2.80. The largest absolute Gasteiger partial charge is 0.394 e. The lowest BCUT2D eigenvalue weighted by Crippen LogP contribution is -2.16. The van der Waals surface area contributed by atoms with Gasteiger partial charge in [-0.3, -0.25) is 4.98 Å². The SMILES string of the molecule is COCc1cnccc1C(N)CO. The Kier molecular flexibility index (Phi) is 3.82. The van der Waals surface area contributed by atoms with E-state index in [1.807, 2.05) is 0 Å². The summed E-state index contributed by atoms with van der Waals surface area (Å²) in [6.45, 7) is 0.400. The average Bonchev–Trinajstić information content (AvgIpc) is 2.18. The van der Waals surface area contributed by atoms with Crippen molar-refractivity contribution in [2.24, 2.45) is 5.73 Å². The van der Waals surface area contributed by atoms with E-state index in [4.69, 9.17) is 15.6 Å². The van der Waals surface area contributed by atoms with Crippen LogP contribution in [0, 0.1) is 0 Å². The molecule has 1 aromatic heterocycles. The van der Waals surface area contributed by atoms with Gasteiger partial charge in [-0.25, -0.2) is 0 Å². The molecule has 3 N–H and O–H groups in total. The highest BCUT2D eigenvalue weighted by atomic mass is 16.5. The number of nitrogens with zero attached hydrogens (tertiary/aromatic N) is 1. The van der Waals surface area contributed by atoms with E-state index in [-0.39, 0.29) is 12.6 Å². The summed E-state index contributed by atoms with van der Waals surface area (Å²) in [6.07, 6.45) is 3.36. The molecule has 0 bridgehead atoms. The Bertz CT molecular complexity index is 266. The van der Waals surface area contributed by atoms with E-state index in [9.17, 15) is 0 Å². The maximum absolute atomic E-state index is 8.89. The Morgan fingerprint density at radius 2 is 2.46 bits per heavy atom. The third kappa shape index (κ3) is 2.48. The van der Waals surface area contributed by atoms with Crippen molar-refractivity contribution in [1.29, 1.82) is 0 Å². The number of aromatic nitrogens is 1. The number of ether oxygens (including phenoxy) is 1. The van der Waals surface area contributed by atoms with Crippen LogP contribution in [0.2, 0.25) is 0 Å². The van der Waals surface area contributed by atoms with E-state index in [1.54, 1.807) is 25.6 Å². The zero-order valence-electron chi connectivity index (χ0n) is 7.60. The summed E-state index contributed by atoms with van der Waals surface area (Å²) in [6, 6.07) is 1.45. The molecule has 0 aliphatic heterocycles. The van der Waals surface area contributed by atoms with Crippen LogP contribution in [0.1, 0.15) is 17.2 Å². The van der Waals surface area contributed by atoms with Gasteiger partial charge in [0.2, 0.25) is 0 Å². The highest BCUT2D eigenvalue weighted by Crippen LogP contribution is 2.14. The summed E-state index contributed by atoms with van der Waals surface area (Å²) < 4.78 is 4.99. The molecular formula is C9H14N2O2. The van der Waals surface area contributed by atoms with Gasteiger partial charge in [0.05, 0.1) is 19.3 Å². The summed E-state index contributed by atoms with van der Waals surface area (Å²) in [5, 5.41) is 8.89. The molecule has 4 nitrogen and oxygen atoms in total. The third-order valence-corrected chi connectivity index (χ3v) is 1.84. The number of aliphatic hydroxyl groups excluding tert-OH is 1. The molecule has 4 heteroatoms. The zero-order chi connectivity index (χ0) is 9.68. The first-order chi connectivity index (χ1) is 6.29. The van der Waals surface area contributed by atoms with Crippen molar-refractivity contribution in [2.75, 3.05) is 13.7 Å². The predicted molar refractivity (Wildman–Crippen MR) is 49.0 cm³/mol. The zero-order valence-corrected chi connectivity index (χ0v) is 7.60. The van der Waals surface area contributed by atoms with E-state index < -0.39 is 0 Å². The van der Waals surface area contributed by atoms with Crippen LogP contribution in [0.3, 0.4) is 0 Å². The minimum absolute atomic E-state index is 0.0687. The lowest BCUT2D eigenvalue weighted by Gasteiger charge is -2.12. The van der Waals surface area contributed by atoms with Gasteiger partial charge in [-0.15, -0.1) is 0 Å². The number of aliphatic hydroxyl groups is 1. The summed E-state index contributed by atoms with van der Waals surface area (Å²) in [5.41, 5.74) is 7.50. The van der Waals surface area contributed by atoms with Crippen molar-refractivity contribution in [3.63, 3.8) is 0 Å². The minimum Gasteiger partial charge on any atom is -0.394 e. The van der Waals surface area contributed by atoms with Crippen molar-refractivity contribution in [3.8, 4) is 0 Å². The molecule has 1 aromatic rings. The monoisotopic (exact) mass is 182 g/mol. The van der Waals surface area contributed by atoms with Gasteiger partial charge in [0, 0.05) is 25.1 Å². The van der Waals surface area contributed by atoms with Gasteiger partial charge >= 0.3 is 0 Å². The first-order valence-corrected chi connectivity index (χ1v) is 4.07. The van der Waals surface area contributed by atoms with Gasteiger partial charge in [0.1, 0.15) is 0 Å². The van der Waals surface area contributed by atoms with Gasteiger partial charge in [-0.05, 0) is 11.6 Å². The Hall–Kier alpha value is -0.970. The maximum Gasteiger partial charge on any atom is 0.0731 e. The maximum atomic E-state index is 8.89. The molecule has 0 aliphatic rings. The molecular weight excluding hydrogens is 168 g/mol. The second-order valence-corrected chi connectivity index (χ2v) is 2.80. The van der Waals surface area contributed by atoms with Crippen LogP contribution in [-0.4, -0.2) is 23.8 Å². The Balaban J connectivity index is 2.90. The average molecular weight is 182 g/mol. The highest BCUT2D eigenvalue weighted by molar-refractivity contribution is 5.25. The quantitative estimate of drug-likeness (QED) is 0.699. The topological polar surface area (TPSA) is 68.4 Å². The number of rotatable bonds is 4. The minimum atomic E-state index is -0.354. The Labute approximate surface area is 77.4 Å². The molecule has 0 saturated carbocycles. The fraction of sp³-hybridized carbons (Fsp3) is 0.444. The standard InChI is InChI=1S/C9H14N2O2/c1-13-6-7-4-11-3-2-8(7)9(10)5-12/h2-4,9,12H,5-6,10H2,1H3. The summed E-state index contributed by atoms with van der Waals surface area (Å²) >= 11 is 0. The van der Waals surface area contributed by atoms with Crippen LogP contribution in [-0.2, 0) is 11.3 Å². The summed E-state index contributed by atoms with van der Waals surface area (Å²) in [5.74, 6) is 0. The molecule has 72 valence electrons.